The highest BCUT2D eigenvalue weighted by atomic mass is 32.2. The van der Waals surface area contributed by atoms with Gasteiger partial charge in [-0.05, 0) is 42.7 Å². The van der Waals surface area contributed by atoms with Gasteiger partial charge in [-0.25, -0.2) is 0 Å². The van der Waals surface area contributed by atoms with Gasteiger partial charge in [-0.3, -0.25) is 9.59 Å². The molecule has 1 heterocycles. The molecule has 112 valence electrons. The number of hydrogen-bond acceptors (Lipinski definition) is 3. The summed E-state index contributed by atoms with van der Waals surface area (Å²) in [6.07, 6.45) is 3.72. The molecular formula is C16H20N2O2S. The molecule has 2 amide bonds. The molecule has 2 N–H and O–H groups in total. The molecular weight excluding hydrogens is 284 g/mol. The van der Waals surface area contributed by atoms with Gasteiger partial charge in [0.05, 0.1) is 6.42 Å². The first kappa shape index (κ1) is 14.4. The van der Waals surface area contributed by atoms with Crippen LogP contribution in [-0.2, 0) is 11.2 Å². The largest absolute Gasteiger partial charge is 0.349 e. The van der Waals surface area contributed by atoms with Crippen molar-refractivity contribution < 1.29 is 9.59 Å². The molecule has 1 aromatic carbocycles. The van der Waals surface area contributed by atoms with Gasteiger partial charge in [-0.15, -0.1) is 0 Å². The lowest BCUT2D eigenvalue weighted by Crippen LogP contribution is -2.33. The normalized spacial score (nSPS) is 23.8. The van der Waals surface area contributed by atoms with E-state index < -0.39 is 0 Å². The van der Waals surface area contributed by atoms with Crippen LogP contribution in [0.1, 0.15) is 42.1 Å². The molecule has 3 rings (SSSR count). The van der Waals surface area contributed by atoms with E-state index in [1.807, 2.05) is 23.9 Å². The van der Waals surface area contributed by atoms with Crippen molar-refractivity contribution in [1.82, 2.24) is 5.32 Å². The van der Waals surface area contributed by atoms with Gasteiger partial charge in [0, 0.05) is 22.5 Å². The summed E-state index contributed by atoms with van der Waals surface area (Å²) < 4.78 is 0. The third-order valence-corrected chi connectivity index (χ3v) is 5.35. The van der Waals surface area contributed by atoms with E-state index in [2.05, 4.69) is 17.6 Å². The second kappa shape index (κ2) is 6.10. The minimum atomic E-state index is -0.0360. The van der Waals surface area contributed by atoms with E-state index in [-0.39, 0.29) is 17.9 Å². The van der Waals surface area contributed by atoms with E-state index in [1.165, 1.54) is 6.42 Å². The van der Waals surface area contributed by atoms with Crippen LogP contribution in [0.3, 0.4) is 0 Å². The average molecular weight is 304 g/mol. The molecule has 2 unspecified atom stereocenters. The number of amides is 2. The fraction of sp³-hybridized carbons (Fsp3) is 0.500. The van der Waals surface area contributed by atoms with E-state index >= 15 is 0 Å². The molecule has 1 saturated carbocycles. The molecule has 4 nitrogen and oxygen atoms in total. The third kappa shape index (κ3) is 3.23. The maximum atomic E-state index is 12.3. The van der Waals surface area contributed by atoms with Gasteiger partial charge in [0.15, 0.2) is 0 Å². The summed E-state index contributed by atoms with van der Waals surface area (Å²) in [6.45, 7) is 2.18. The molecule has 5 heteroatoms. The Morgan fingerprint density at radius 2 is 2.29 bits per heavy atom. The van der Waals surface area contributed by atoms with Crippen molar-refractivity contribution >= 4 is 29.3 Å². The summed E-state index contributed by atoms with van der Waals surface area (Å²) in [5, 5.41) is 6.59. The van der Waals surface area contributed by atoms with Gasteiger partial charge in [0.25, 0.3) is 5.91 Å². The zero-order chi connectivity index (χ0) is 14.8. The Morgan fingerprint density at radius 3 is 3.10 bits per heavy atom. The number of anilines is 1. The highest BCUT2D eigenvalue weighted by molar-refractivity contribution is 7.99. The lowest BCUT2D eigenvalue weighted by Gasteiger charge is -2.13. The summed E-state index contributed by atoms with van der Waals surface area (Å²) >= 11 is 1.98. The van der Waals surface area contributed by atoms with E-state index in [1.54, 1.807) is 6.07 Å². The van der Waals surface area contributed by atoms with Gasteiger partial charge >= 0.3 is 0 Å². The van der Waals surface area contributed by atoms with Crippen LogP contribution in [-0.4, -0.2) is 28.9 Å². The Kier molecular flexibility index (Phi) is 4.19. The van der Waals surface area contributed by atoms with Gasteiger partial charge < -0.3 is 10.6 Å². The lowest BCUT2D eigenvalue weighted by atomic mass is 10.1. The molecule has 1 aliphatic heterocycles. The number of carbonyl (C=O) groups is 2. The van der Waals surface area contributed by atoms with E-state index in [4.69, 9.17) is 0 Å². The third-order valence-electron chi connectivity index (χ3n) is 4.12. The van der Waals surface area contributed by atoms with Crippen LogP contribution >= 0.6 is 11.8 Å². The molecule has 2 atom stereocenters. The quantitative estimate of drug-likeness (QED) is 0.899. The first-order valence-corrected chi connectivity index (χ1v) is 8.56. The van der Waals surface area contributed by atoms with Gasteiger partial charge in [-0.1, -0.05) is 13.0 Å². The van der Waals surface area contributed by atoms with Crippen LogP contribution in [0.15, 0.2) is 18.2 Å². The molecule has 2 aliphatic rings. The fourth-order valence-corrected chi connectivity index (χ4v) is 4.23. The van der Waals surface area contributed by atoms with Gasteiger partial charge in [0.2, 0.25) is 5.91 Å². The molecule has 0 radical (unpaired) electrons. The van der Waals surface area contributed by atoms with Gasteiger partial charge in [0.1, 0.15) is 0 Å². The number of nitrogens with one attached hydrogen (secondary N) is 2. The van der Waals surface area contributed by atoms with Crippen molar-refractivity contribution in [3.8, 4) is 0 Å². The summed E-state index contributed by atoms with van der Waals surface area (Å²) in [7, 11) is 0. The van der Waals surface area contributed by atoms with Crippen LogP contribution in [0.4, 0.5) is 5.69 Å². The Labute approximate surface area is 129 Å². The second-order valence-electron chi connectivity index (χ2n) is 5.66. The summed E-state index contributed by atoms with van der Waals surface area (Å²) in [5.41, 5.74) is 2.37. The summed E-state index contributed by atoms with van der Waals surface area (Å²) in [4.78, 5) is 23.7. The molecule has 0 saturated heterocycles. The molecule has 0 spiro atoms. The number of thioether (sulfide) groups is 1. The first-order valence-electron chi connectivity index (χ1n) is 7.51. The first-order chi connectivity index (χ1) is 10.2. The van der Waals surface area contributed by atoms with Crippen LogP contribution in [0.25, 0.3) is 0 Å². The number of rotatable bonds is 4. The van der Waals surface area contributed by atoms with Crippen molar-refractivity contribution in [3.05, 3.63) is 29.3 Å². The zero-order valence-electron chi connectivity index (χ0n) is 12.1. The van der Waals surface area contributed by atoms with Gasteiger partial charge in [-0.2, -0.15) is 11.8 Å². The Morgan fingerprint density at radius 1 is 1.43 bits per heavy atom. The van der Waals surface area contributed by atoms with Crippen LogP contribution in [0, 0.1) is 0 Å². The van der Waals surface area contributed by atoms with Crippen LogP contribution < -0.4 is 10.6 Å². The molecule has 21 heavy (non-hydrogen) atoms. The predicted molar refractivity (Wildman–Crippen MR) is 85.8 cm³/mol. The summed E-state index contributed by atoms with van der Waals surface area (Å²) in [6, 6.07) is 5.74. The number of benzene rings is 1. The highest BCUT2D eigenvalue weighted by Gasteiger charge is 2.26. The van der Waals surface area contributed by atoms with E-state index in [9.17, 15) is 9.59 Å². The number of fused-ring (bicyclic) bond motifs is 1. The number of hydrogen-bond donors (Lipinski definition) is 2. The Bertz CT molecular complexity index is 573. The van der Waals surface area contributed by atoms with Crippen molar-refractivity contribution in [2.75, 3.05) is 11.1 Å². The van der Waals surface area contributed by atoms with Crippen molar-refractivity contribution in [1.29, 1.82) is 0 Å². The van der Waals surface area contributed by atoms with Crippen LogP contribution in [0.2, 0.25) is 0 Å². The van der Waals surface area contributed by atoms with Crippen molar-refractivity contribution in [2.24, 2.45) is 0 Å². The monoisotopic (exact) mass is 304 g/mol. The molecule has 0 bridgehead atoms. The van der Waals surface area contributed by atoms with Crippen molar-refractivity contribution in [3.63, 3.8) is 0 Å². The molecule has 1 fully saturated rings. The van der Waals surface area contributed by atoms with E-state index in [0.717, 1.165) is 29.8 Å². The minimum absolute atomic E-state index is 0.00205. The fourth-order valence-electron chi connectivity index (χ4n) is 3.08. The Balaban J connectivity index is 1.62. The standard InChI is InChI=1S/C16H20N2O2S/c1-2-21-13-6-5-12(9-13)17-16(20)11-4-3-10-8-15(19)18-14(10)7-11/h3-4,7,12-13H,2,5-6,8-9H2,1H3,(H,17,20)(H,18,19). The maximum Gasteiger partial charge on any atom is 0.251 e. The maximum absolute atomic E-state index is 12.3. The average Bonchev–Trinajstić information content (AvgIpc) is 3.03. The highest BCUT2D eigenvalue weighted by Crippen LogP contribution is 2.30. The minimum Gasteiger partial charge on any atom is -0.349 e. The molecule has 1 aliphatic carbocycles. The van der Waals surface area contributed by atoms with E-state index in [0.29, 0.717) is 17.2 Å². The van der Waals surface area contributed by atoms with Crippen LogP contribution in [0.5, 0.6) is 0 Å². The topological polar surface area (TPSA) is 58.2 Å². The molecule has 1 aromatic rings. The predicted octanol–water partition coefficient (Wildman–Crippen LogP) is 2.59. The zero-order valence-corrected chi connectivity index (χ0v) is 13.0. The molecule has 0 aromatic heterocycles. The Hall–Kier alpha value is -1.49. The summed E-state index contributed by atoms with van der Waals surface area (Å²) in [5.74, 6) is 1.10. The SMILES string of the molecule is CCSC1CCC(NC(=O)c2ccc3c(c2)NC(=O)C3)C1. The second-order valence-corrected chi connectivity index (χ2v) is 7.24. The van der Waals surface area contributed by atoms with Crippen molar-refractivity contribution in [2.45, 2.75) is 43.9 Å². The number of carbonyl (C=O) groups excluding carboxylic acids is 2. The lowest BCUT2D eigenvalue weighted by molar-refractivity contribution is -0.115. The smallest absolute Gasteiger partial charge is 0.251 e.